The van der Waals surface area contributed by atoms with E-state index in [2.05, 4.69) is 25.9 Å². The van der Waals surface area contributed by atoms with Crippen LogP contribution in [0.15, 0.2) is 29.4 Å². The normalized spacial score (nSPS) is 13.7. The zero-order valence-corrected chi connectivity index (χ0v) is 15.9. The Labute approximate surface area is 144 Å². The summed E-state index contributed by atoms with van der Waals surface area (Å²) in [6, 6.07) is 6.96. The van der Waals surface area contributed by atoms with Crippen molar-refractivity contribution in [2.75, 3.05) is 5.75 Å². The fourth-order valence-electron chi connectivity index (χ4n) is 1.70. The second-order valence-electron chi connectivity index (χ2n) is 7.66. The van der Waals surface area contributed by atoms with Gasteiger partial charge >= 0.3 is 5.97 Å². The van der Waals surface area contributed by atoms with E-state index in [1.807, 2.05) is 12.1 Å². The molecule has 0 aliphatic rings. The molecule has 7 heteroatoms. The molecule has 134 valence electrons. The second kappa shape index (κ2) is 6.93. The van der Waals surface area contributed by atoms with Crippen LogP contribution in [0.25, 0.3) is 0 Å². The number of sulfone groups is 1. The summed E-state index contributed by atoms with van der Waals surface area (Å²) in [7, 11) is -3.48. The van der Waals surface area contributed by atoms with E-state index in [1.165, 1.54) is 0 Å². The SMILES string of the molecule is CC(C)(C)c1ccc(C(=O)O/N=C(\N)CS(=O)(=O)C(C)(C)C)cc1. The Hall–Kier alpha value is -1.89. The molecule has 0 saturated heterocycles. The fraction of sp³-hybridized carbons (Fsp3) is 0.529. The minimum Gasteiger partial charge on any atom is -0.384 e. The van der Waals surface area contributed by atoms with Crippen molar-refractivity contribution >= 4 is 21.6 Å². The average molecular weight is 354 g/mol. The van der Waals surface area contributed by atoms with E-state index in [1.54, 1.807) is 32.9 Å². The summed E-state index contributed by atoms with van der Waals surface area (Å²) in [6.07, 6.45) is 0. The predicted molar refractivity (Wildman–Crippen MR) is 95.7 cm³/mol. The van der Waals surface area contributed by atoms with Crippen molar-refractivity contribution in [1.82, 2.24) is 0 Å². The summed E-state index contributed by atoms with van der Waals surface area (Å²) < 4.78 is 23.1. The molecule has 0 aliphatic heterocycles. The molecular weight excluding hydrogens is 328 g/mol. The third-order valence-electron chi connectivity index (χ3n) is 3.50. The first-order valence-corrected chi connectivity index (χ1v) is 9.26. The summed E-state index contributed by atoms with van der Waals surface area (Å²) in [5.74, 6) is -1.41. The van der Waals surface area contributed by atoms with E-state index in [0.29, 0.717) is 5.56 Å². The molecule has 1 aromatic rings. The summed E-state index contributed by atoms with van der Waals surface area (Å²) >= 11 is 0. The van der Waals surface area contributed by atoms with Crippen molar-refractivity contribution in [2.24, 2.45) is 10.9 Å². The van der Waals surface area contributed by atoms with Crippen LogP contribution >= 0.6 is 0 Å². The van der Waals surface area contributed by atoms with Gasteiger partial charge in [0.2, 0.25) is 0 Å². The summed E-state index contributed by atoms with van der Waals surface area (Å²) in [6.45, 7) is 10.9. The van der Waals surface area contributed by atoms with Crippen LogP contribution in [0.3, 0.4) is 0 Å². The second-order valence-corrected chi connectivity index (χ2v) is 10.4. The van der Waals surface area contributed by atoms with Crippen molar-refractivity contribution in [2.45, 2.75) is 51.7 Å². The van der Waals surface area contributed by atoms with Crippen LogP contribution in [-0.2, 0) is 20.1 Å². The first-order chi connectivity index (χ1) is 10.7. The van der Waals surface area contributed by atoms with Gasteiger partial charge in [-0.15, -0.1) is 0 Å². The van der Waals surface area contributed by atoms with Crippen LogP contribution in [0.5, 0.6) is 0 Å². The molecule has 0 saturated carbocycles. The molecule has 24 heavy (non-hydrogen) atoms. The fourth-order valence-corrected chi connectivity index (χ4v) is 2.57. The van der Waals surface area contributed by atoms with E-state index in [9.17, 15) is 13.2 Å². The van der Waals surface area contributed by atoms with Gasteiger partial charge in [0.25, 0.3) is 0 Å². The highest BCUT2D eigenvalue weighted by Crippen LogP contribution is 2.22. The molecule has 0 unspecified atom stereocenters. The van der Waals surface area contributed by atoms with E-state index >= 15 is 0 Å². The maximum absolute atomic E-state index is 12.0. The van der Waals surface area contributed by atoms with E-state index in [4.69, 9.17) is 10.6 Å². The van der Waals surface area contributed by atoms with Gasteiger partial charge < -0.3 is 10.6 Å². The number of amidine groups is 1. The quantitative estimate of drug-likeness (QED) is 0.388. The number of oxime groups is 1. The maximum Gasteiger partial charge on any atom is 0.365 e. The Balaban J connectivity index is 2.78. The Morgan fingerprint density at radius 1 is 1.08 bits per heavy atom. The number of nitrogens with two attached hydrogens (primary N) is 1. The molecule has 0 fully saturated rings. The smallest absolute Gasteiger partial charge is 0.365 e. The first kappa shape index (κ1) is 20.2. The highest BCUT2D eigenvalue weighted by Gasteiger charge is 2.30. The lowest BCUT2D eigenvalue weighted by molar-refractivity contribution is 0.0515. The molecule has 0 aliphatic carbocycles. The zero-order chi connectivity index (χ0) is 18.8. The van der Waals surface area contributed by atoms with Crippen LogP contribution in [0.2, 0.25) is 0 Å². The van der Waals surface area contributed by atoms with Gasteiger partial charge in [-0.05, 0) is 43.9 Å². The topological polar surface area (TPSA) is 98.8 Å². The van der Waals surface area contributed by atoms with Crippen LogP contribution in [0, 0.1) is 0 Å². The molecule has 0 aromatic heterocycles. The number of rotatable bonds is 4. The Morgan fingerprint density at radius 3 is 2.00 bits per heavy atom. The number of benzene rings is 1. The lowest BCUT2D eigenvalue weighted by atomic mass is 9.87. The molecular formula is C17H26N2O4S. The summed E-state index contributed by atoms with van der Waals surface area (Å²) in [4.78, 5) is 16.7. The highest BCUT2D eigenvalue weighted by atomic mass is 32.2. The standard InChI is InChI=1S/C17H26N2O4S/c1-16(2,3)13-9-7-12(8-10-13)15(20)23-19-14(18)11-24(21,22)17(4,5)6/h7-10H,11H2,1-6H3,(H2,18,19). The third kappa shape index (κ3) is 5.33. The Bertz CT molecular complexity index is 721. The number of hydrogen-bond acceptors (Lipinski definition) is 5. The van der Waals surface area contributed by atoms with Gasteiger partial charge in [0.15, 0.2) is 15.7 Å². The Kier molecular flexibility index (Phi) is 5.82. The van der Waals surface area contributed by atoms with Crippen molar-refractivity contribution in [3.63, 3.8) is 0 Å². The van der Waals surface area contributed by atoms with Crippen molar-refractivity contribution in [1.29, 1.82) is 0 Å². The zero-order valence-electron chi connectivity index (χ0n) is 15.1. The highest BCUT2D eigenvalue weighted by molar-refractivity contribution is 7.93. The Morgan fingerprint density at radius 2 is 1.58 bits per heavy atom. The lowest BCUT2D eigenvalue weighted by Crippen LogP contribution is -2.36. The van der Waals surface area contributed by atoms with Gasteiger partial charge in [-0.3, -0.25) is 0 Å². The van der Waals surface area contributed by atoms with Gasteiger partial charge in [-0.1, -0.05) is 38.1 Å². The molecule has 0 heterocycles. The maximum atomic E-state index is 12.0. The van der Waals surface area contributed by atoms with E-state index < -0.39 is 26.3 Å². The molecule has 1 aromatic carbocycles. The predicted octanol–water partition coefficient (Wildman–Crippen LogP) is 2.63. The minimum atomic E-state index is -3.48. The van der Waals surface area contributed by atoms with Crippen LogP contribution in [0.4, 0.5) is 0 Å². The molecule has 0 atom stereocenters. The van der Waals surface area contributed by atoms with Crippen LogP contribution < -0.4 is 5.73 Å². The van der Waals surface area contributed by atoms with Crippen molar-refractivity contribution in [3.8, 4) is 0 Å². The number of hydrogen-bond donors (Lipinski definition) is 1. The van der Waals surface area contributed by atoms with E-state index in [0.717, 1.165) is 5.56 Å². The van der Waals surface area contributed by atoms with Gasteiger partial charge in [0.05, 0.1) is 10.3 Å². The van der Waals surface area contributed by atoms with Crippen molar-refractivity contribution < 1.29 is 18.0 Å². The average Bonchev–Trinajstić information content (AvgIpc) is 2.42. The molecule has 0 radical (unpaired) electrons. The monoisotopic (exact) mass is 354 g/mol. The lowest BCUT2D eigenvalue weighted by Gasteiger charge is -2.19. The van der Waals surface area contributed by atoms with Gasteiger partial charge in [-0.2, -0.15) is 0 Å². The van der Waals surface area contributed by atoms with E-state index in [-0.39, 0.29) is 11.3 Å². The number of carbonyl (C=O) groups is 1. The van der Waals surface area contributed by atoms with Gasteiger partial charge in [0.1, 0.15) is 5.75 Å². The van der Waals surface area contributed by atoms with Crippen molar-refractivity contribution in [3.05, 3.63) is 35.4 Å². The minimum absolute atomic E-state index is 0.0215. The summed E-state index contributed by atoms with van der Waals surface area (Å²) in [5, 5.41) is 3.44. The summed E-state index contributed by atoms with van der Waals surface area (Å²) in [5.41, 5.74) is 6.94. The van der Waals surface area contributed by atoms with Gasteiger partial charge in [0, 0.05) is 0 Å². The molecule has 1 rings (SSSR count). The number of nitrogens with zero attached hydrogens (tertiary/aromatic N) is 1. The third-order valence-corrected chi connectivity index (χ3v) is 6.05. The van der Waals surface area contributed by atoms with Crippen LogP contribution in [-0.4, -0.2) is 30.7 Å². The molecule has 0 amide bonds. The van der Waals surface area contributed by atoms with Gasteiger partial charge in [-0.25, -0.2) is 13.2 Å². The largest absolute Gasteiger partial charge is 0.384 e. The number of carbonyl (C=O) groups excluding carboxylic acids is 1. The molecule has 2 N–H and O–H groups in total. The first-order valence-electron chi connectivity index (χ1n) is 7.60. The molecule has 0 bridgehead atoms. The molecule has 0 spiro atoms. The molecule has 6 nitrogen and oxygen atoms in total. The van der Waals surface area contributed by atoms with Crippen LogP contribution in [0.1, 0.15) is 57.5 Å².